The number of anilines is 2. The summed E-state index contributed by atoms with van der Waals surface area (Å²) >= 11 is 0. The molecule has 2 aliphatic carbocycles. The standard InChI is InChI=1S/C44H54N6O9S.C40H51N5O7S/c1-43(2)30-15-10-12-17-33(30)48(6)35(43)25-28-40(29(41(28)54)26-36-44(3,4)31-16-11-13-18-34(31)49(36)7)46-32(27-60(56,57)58)42(55)45-22-24-47(5)23-14-8-9-19-39(53)59-50-37(51)20-21-38(50)52;1-39(2)28-15-10-12-17-31(28)44(6)33(39)23-26-36(27(37(26)48)24-34-40(3,4)29-16-11-13-18-32(29)45(34)7)42-30(25-53(50,51)52)38(49)41-20-22-43(5)21-14-8-9-19-35(46)47/h10-13,15-18,25-26,32H,8-9,14,19-24,27H2,1-7H3,(H2-,45,46,54,55,56,57,58);10-13,15-18,23-24,30H,8-9,14,19-22,25H2,1-7H3,(H3-,41,42,46,47,48,49,50,51,52)/p+2. The molecule has 4 atom stereocenters. The Labute approximate surface area is 662 Å². The number of carboxylic acid groups (broad SMARTS) is 1. The predicted molar refractivity (Wildman–Crippen MR) is 427 cm³/mol. The quantitative estimate of drug-likeness (QED) is 0.0112. The number of para-hydroxylation sites is 4. The van der Waals surface area contributed by atoms with E-state index in [2.05, 4.69) is 88.8 Å². The first-order valence-corrected chi connectivity index (χ1v) is 41.6. The second-order valence-corrected chi connectivity index (χ2v) is 35.3. The number of fused-ring (bicyclic) bond motifs is 4. The molecule has 5 heterocycles. The molecular weight excluding hydrogens is 1480 g/mol. The molecule has 0 bridgehead atoms. The van der Waals surface area contributed by atoms with Crippen LogP contribution in [0, 0.1) is 0 Å². The molecule has 1 saturated heterocycles. The smallest absolute Gasteiger partial charge is 0.333 e. The zero-order valence-corrected chi connectivity index (χ0v) is 68.7. The van der Waals surface area contributed by atoms with E-state index in [1.165, 1.54) is 0 Å². The minimum atomic E-state index is -4.91. The number of nitrogens with one attached hydrogen (secondary N) is 6. The van der Waals surface area contributed by atoms with Crippen molar-refractivity contribution < 1.29 is 93.2 Å². The summed E-state index contributed by atoms with van der Waals surface area (Å²) in [5.74, 6) is -6.44. The summed E-state index contributed by atoms with van der Waals surface area (Å²) in [6, 6.07) is 29.0. The molecule has 11 rings (SSSR count). The SMILES string of the molecule is CN1C(=CC2=C(NC(CS(=O)(=O)[O-])C(=O)NCC[NH+](C)CCCCCC(=O)O)C(=CC3=[N+](C)c4ccccc4C3(C)C)C2=O)C(C)(C)c2ccccc21.CN1C(=CC2=C(NC(CS(=O)(=O)[O-])C(=O)NCC[NH+](C)CCCCCC(=O)ON3C(=O)CCC3=O)C(=CC3=[N+](C)c4ccccc4C3(C)C)C2=O)C(C)(C)c2ccccc21. The van der Waals surface area contributed by atoms with Gasteiger partial charge in [0, 0.05) is 120 Å². The third kappa shape index (κ3) is 18.8. The average Bonchev–Trinajstić information content (AvgIpc) is 1.64. The highest BCUT2D eigenvalue weighted by molar-refractivity contribution is 7.86. The van der Waals surface area contributed by atoms with Gasteiger partial charge in [-0.3, -0.25) is 33.6 Å². The largest absolute Gasteiger partial charge is 0.748 e. The molecule has 0 aromatic heterocycles. The van der Waals surface area contributed by atoms with E-state index in [0.717, 1.165) is 103 Å². The highest BCUT2D eigenvalue weighted by Crippen LogP contribution is 2.51. The van der Waals surface area contributed by atoms with E-state index in [1.54, 1.807) is 24.3 Å². The van der Waals surface area contributed by atoms with Gasteiger partial charge in [-0.2, -0.15) is 9.15 Å². The number of nitrogens with zero attached hydrogens (tertiary/aromatic N) is 5. The number of hydrogen-bond donors (Lipinski definition) is 7. The number of aliphatic carboxylic acids is 1. The third-order valence-corrected chi connectivity index (χ3v) is 24.3. The highest BCUT2D eigenvalue weighted by atomic mass is 32.2. The van der Waals surface area contributed by atoms with Crippen LogP contribution in [0.4, 0.5) is 22.7 Å². The lowest BCUT2D eigenvalue weighted by molar-refractivity contribution is -0.878. The number of carbonyl (C=O) groups is 8. The Hall–Kier alpha value is -10.0. The number of quaternary nitrogens is 2. The summed E-state index contributed by atoms with van der Waals surface area (Å²) < 4.78 is 77.4. The molecule has 0 saturated carbocycles. The second kappa shape index (κ2) is 34.3. The van der Waals surface area contributed by atoms with Crippen molar-refractivity contribution in [2.75, 3.05) is 103 Å². The van der Waals surface area contributed by atoms with Gasteiger partial charge in [-0.15, -0.1) is 5.06 Å². The summed E-state index contributed by atoms with van der Waals surface area (Å²) in [6.07, 6.45) is 11.6. The van der Waals surface area contributed by atoms with Crippen LogP contribution in [0.3, 0.4) is 0 Å². The summed E-state index contributed by atoms with van der Waals surface area (Å²) in [7, 11) is 1.84. The normalized spacial score (nSPS) is 20.2. The van der Waals surface area contributed by atoms with E-state index in [1.807, 2.05) is 146 Å². The number of allylic oxidation sites excluding steroid dienone is 10. The summed E-state index contributed by atoms with van der Waals surface area (Å²) in [4.78, 5) is 113. The van der Waals surface area contributed by atoms with Crippen molar-refractivity contribution in [2.45, 2.75) is 153 Å². The van der Waals surface area contributed by atoms with Gasteiger partial charge in [0.25, 0.3) is 11.8 Å². The Bertz CT molecular complexity index is 5000. The maximum atomic E-state index is 14.3. The maximum absolute atomic E-state index is 14.3. The zero-order valence-electron chi connectivity index (χ0n) is 67.1. The lowest BCUT2D eigenvalue weighted by Crippen LogP contribution is -3.09. The summed E-state index contributed by atoms with van der Waals surface area (Å²) in [6.45, 7) is 19.5. The first-order chi connectivity index (χ1) is 53.1. The van der Waals surface area contributed by atoms with Crippen LogP contribution in [0.15, 0.2) is 166 Å². The van der Waals surface area contributed by atoms with Crippen LogP contribution in [-0.4, -0.2) is 209 Å². The topological polar surface area (TPSA) is 353 Å². The Balaban J connectivity index is 0.000000241. The lowest BCUT2D eigenvalue weighted by atomic mass is 9.77. The molecule has 27 nitrogen and oxygen atoms in total. The van der Waals surface area contributed by atoms with Crippen molar-refractivity contribution in [1.82, 2.24) is 26.3 Å². The van der Waals surface area contributed by atoms with Gasteiger partial charge < -0.3 is 59.9 Å². The number of carbonyl (C=O) groups excluding carboxylic acids is 7. The highest BCUT2D eigenvalue weighted by Gasteiger charge is 2.50. The fraction of sp³-hybridized carbons (Fsp3) is 0.452. The van der Waals surface area contributed by atoms with E-state index < -0.39 is 101 Å². The number of Topliss-reactive ketones (excluding diaryl/α,β-unsaturated/α-hetero) is 2. The van der Waals surface area contributed by atoms with Gasteiger partial charge in [0.1, 0.15) is 26.2 Å². The Morgan fingerprint density at radius 1 is 0.522 bits per heavy atom. The van der Waals surface area contributed by atoms with Crippen molar-refractivity contribution in [2.24, 2.45) is 0 Å². The van der Waals surface area contributed by atoms with Crippen molar-refractivity contribution in [3.05, 3.63) is 189 Å². The first kappa shape index (κ1) is 85.4. The van der Waals surface area contributed by atoms with Crippen LogP contribution in [0.1, 0.15) is 142 Å². The number of likely N-dealkylation sites (N-methyl/N-ethyl adjacent to an activating group) is 4. The lowest BCUT2D eigenvalue weighted by Gasteiger charge is -2.32. The van der Waals surface area contributed by atoms with Gasteiger partial charge in [-0.1, -0.05) is 100 Å². The van der Waals surface area contributed by atoms with Crippen LogP contribution in [0.2, 0.25) is 0 Å². The van der Waals surface area contributed by atoms with Crippen molar-refractivity contribution in [1.29, 1.82) is 0 Å². The van der Waals surface area contributed by atoms with E-state index >= 15 is 0 Å². The van der Waals surface area contributed by atoms with Crippen LogP contribution in [-0.2, 0) is 85.1 Å². The van der Waals surface area contributed by atoms with Crippen molar-refractivity contribution in [3.8, 4) is 0 Å². The van der Waals surface area contributed by atoms with E-state index in [-0.39, 0.29) is 67.2 Å². The molecule has 604 valence electrons. The van der Waals surface area contributed by atoms with Gasteiger partial charge in [0.05, 0.1) is 118 Å². The molecule has 113 heavy (non-hydrogen) atoms. The Morgan fingerprint density at radius 2 is 0.885 bits per heavy atom. The fourth-order valence-electron chi connectivity index (χ4n) is 16.3. The van der Waals surface area contributed by atoms with Gasteiger partial charge in [0.15, 0.2) is 23.0 Å². The van der Waals surface area contributed by atoms with E-state index in [9.17, 15) is 64.3 Å². The molecule has 4 aromatic carbocycles. The summed E-state index contributed by atoms with van der Waals surface area (Å²) in [5, 5.41) is 21.1. The molecule has 4 amide bonds. The number of imide groups is 1. The maximum Gasteiger partial charge on any atom is 0.333 e. The molecule has 29 heteroatoms. The third-order valence-electron chi connectivity index (χ3n) is 22.8. The molecule has 0 radical (unpaired) electrons. The van der Waals surface area contributed by atoms with Crippen molar-refractivity contribution >= 4 is 102 Å². The van der Waals surface area contributed by atoms with Crippen LogP contribution >= 0.6 is 0 Å². The predicted octanol–water partition coefficient (Wildman–Crippen LogP) is 4.62. The molecule has 5 aliphatic heterocycles. The monoisotopic (exact) mass is 1590 g/mol. The Morgan fingerprint density at radius 3 is 1.25 bits per heavy atom. The number of amides is 4. The number of rotatable bonds is 33. The number of carboxylic acids is 1. The van der Waals surface area contributed by atoms with E-state index in [0.29, 0.717) is 60.8 Å². The number of ketones is 2. The number of hydrogen-bond acceptors (Lipinski definition) is 19. The van der Waals surface area contributed by atoms with Gasteiger partial charge in [-0.25, -0.2) is 21.6 Å². The van der Waals surface area contributed by atoms with Crippen LogP contribution in [0.25, 0.3) is 0 Å². The number of benzene rings is 4. The number of hydroxylamine groups is 2. The summed E-state index contributed by atoms with van der Waals surface area (Å²) in [5.41, 5.74) is 11.5. The first-order valence-electron chi connectivity index (χ1n) is 38.5. The molecule has 4 aromatic rings. The molecule has 7 N–H and O–H groups in total. The average molecular weight is 1590 g/mol. The molecule has 0 spiro atoms. The molecule has 4 unspecified atom stereocenters. The minimum Gasteiger partial charge on any atom is -0.748 e. The Kier molecular flexibility index (Phi) is 26.0. The van der Waals surface area contributed by atoms with Gasteiger partial charge in [0.2, 0.25) is 23.2 Å². The van der Waals surface area contributed by atoms with Crippen LogP contribution < -0.4 is 40.9 Å². The minimum absolute atomic E-state index is 0.0338. The fourth-order valence-corrected chi connectivity index (χ4v) is 17.6. The van der Waals surface area contributed by atoms with Crippen molar-refractivity contribution in [3.63, 3.8) is 0 Å². The van der Waals surface area contributed by atoms with E-state index in [4.69, 9.17) is 9.94 Å². The molecule has 7 aliphatic rings. The van der Waals surface area contributed by atoms with Gasteiger partial charge in [-0.05, 0) is 102 Å². The van der Waals surface area contributed by atoms with Gasteiger partial charge >= 0.3 is 11.9 Å². The van der Waals surface area contributed by atoms with Crippen LogP contribution in [0.5, 0.6) is 0 Å². The molecular formula is C84H107N11O16S2+2. The zero-order chi connectivity index (χ0) is 82.6. The number of unbranched alkanes of at least 4 members (excludes halogenated alkanes) is 4. The molecule has 1 fully saturated rings. The second-order valence-electron chi connectivity index (χ2n) is 32.4.